The summed E-state index contributed by atoms with van der Waals surface area (Å²) in [4.78, 5) is 23.1. The van der Waals surface area contributed by atoms with E-state index in [1.807, 2.05) is 25.1 Å². The van der Waals surface area contributed by atoms with Crippen molar-refractivity contribution in [3.05, 3.63) is 33.4 Å². The zero-order valence-corrected chi connectivity index (χ0v) is 12.5. The van der Waals surface area contributed by atoms with Gasteiger partial charge in [-0.3, -0.25) is 9.59 Å². The molecule has 18 heavy (non-hydrogen) atoms. The summed E-state index contributed by atoms with van der Waals surface area (Å²) in [6.07, 6.45) is 1.23. The van der Waals surface area contributed by atoms with Gasteiger partial charge in [0.15, 0.2) is 0 Å². The van der Waals surface area contributed by atoms with Crippen LogP contribution in [0.5, 0.6) is 0 Å². The molecule has 0 spiro atoms. The van der Waals surface area contributed by atoms with Crippen LogP contribution >= 0.6 is 22.6 Å². The maximum atomic E-state index is 11.8. The fraction of sp³-hybridized carbons (Fsp3) is 0.385. The molecule has 2 amide bonds. The predicted molar refractivity (Wildman–Crippen MR) is 79.4 cm³/mol. The first-order valence-electron chi connectivity index (χ1n) is 5.94. The van der Waals surface area contributed by atoms with Gasteiger partial charge in [-0.1, -0.05) is 19.1 Å². The Morgan fingerprint density at radius 2 is 1.89 bits per heavy atom. The third-order valence-electron chi connectivity index (χ3n) is 2.33. The summed E-state index contributed by atoms with van der Waals surface area (Å²) in [6.45, 7) is 3.04. The van der Waals surface area contributed by atoms with Crippen molar-refractivity contribution < 1.29 is 9.59 Å². The first kappa shape index (κ1) is 14.9. The Kier molecular flexibility index (Phi) is 6.70. The molecule has 0 bridgehead atoms. The highest BCUT2D eigenvalue weighted by molar-refractivity contribution is 14.1. The van der Waals surface area contributed by atoms with Crippen LogP contribution in [0.2, 0.25) is 0 Å². The molecule has 0 atom stereocenters. The average Bonchev–Trinajstić information content (AvgIpc) is 2.36. The van der Waals surface area contributed by atoms with Gasteiger partial charge >= 0.3 is 0 Å². The van der Waals surface area contributed by atoms with E-state index in [1.54, 1.807) is 6.07 Å². The van der Waals surface area contributed by atoms with Crippen LogP contribution in [0, 0.1) is 3.57 Å². The van der Waals surface area contributed by atoms with Crippen LogP contribution in [-0.2, 0) is 4.79 Å². The molecule has 0 aromatic heterocycles. The Morgan fingerprint density at radius 1 is 1.17 bits per heavy atom. The van der Waals surface area contributed by atoms with Crippen LogP contribution < -0.4 is 10.6 Å². The van der Waals surface area contributed by atoms with E-state index in [9.17, 15) is 9.59 Å². The minimum absolute atomic E-state index is 0.0279. The van der Waals surface area contributed by atoms with Crippen molar-refractivity contribution in [2.45, 2.75) is 19.8 Å². The van der Waals surface area contributed by atoms with Crippen LogP contribution in [0.4, 0.5) is 0 Å². The Morgan fingerprint density at radius 3 is 2.56 bits per heavy atom. The van der Waals surface area contributed by atoms with Gasteiger partial charge < -0.3 is 10.6 Å². The van der Waals surface area contributed by atoms with Crippen LogP contribution in [0.25, 0.3) is 0 Å². The molecule has 0 aliphatic carbocycles. The molecule has 0 heterocycles. The average molecular weight is 360 g/mol. The predicted octanol–water partition coefficient (Wildman–Crippen LogP) is 1.94. The second-order valence-corrected chi connectivity index (χ2v) is 5.00. The van der Waals surface area contributed by atoms with Gasteiger partial charge in [0.1, 0.15) is 0 Å². The molecule has 0 aliphatic heterocycles. The highest BCUT2D eigenvalue weighted by Crippen LogP contribution is 2.10. The zero-order valence-electron chi connectivity index (χ0n) is 10.3. The quantitative estimate of drug-likeness (QED) is 0.762. The monoisotopic (exact) mass is 360 g/mol. The molecular formula is C13H17IN2O2. The topological polar surface area (TPSA) is 58.2 Å². The first-order valence-corrected chi connectivity index (χ1v) is 7.02. The second kappa shape index (κ2) is 8.07. The van der Waals surface area contributed by atoms with Gasteiger partial charge in [-0.25, -0.2) is 0 Å². The summed E-state index contributed by atoms with van der Waals surface area (Å²) in [7, 11) is 0. The summed E-state index contributed by atoms with van der Waals surface area (Å²) < 4.78 is 0.906. The fourth-order valence-corrected chi connectivity index (χ4v) is 2.02. The number of nitrogens with one attached hydrogen (secondary N) is 2. The number of benzene rings is 1. The molecule has 98 valence electrons. The van der Waals surface area contributed by atoms with Crippen molar-refractivity contribution >= 4 is 34.4 Å². The Balaban J connectivity index is 2.34. The van der Waals surface area contributed by atoms with Gasteiger partial charge in [0.25, 0.3) is 5.91 Å². The lowest BCUT2D eigenvalue weighted by Crippen LogP contribution is -2.31. The Bertz CT molecular complexity index is 421. The second-order valence-electron chi connectivity index (χ2n) is 3.84. The van der Waals surface area contributed by atoms with Gasteiger partial charge in [0, 0.05) is 23.1 Å². The van der Waals surface area contributed by atoms with E-state index < -0.39 is 0 Å². The fourth-order valence-electron chi connectivity index (χ4n) is 1.38. The smallest absolute Gasteiger partial charge is 0.252 e. The SMILES string of the molecule is CCCNC(=O)CCNC(=O)c1ccccc1I. The van der Waals surface area contributed by atoms with E-state index >= 15 is 0 Å². The number of halogens is 1. The van der Waals surface area contributed by atoms with Crippen molar-refractivity contribution in [3.8, 4) is 0 Å². The molecule has 0 fully saturated rings. The van der Waals surface area contributed by atoms with Crippen LogP contribution in [-0.4, -0.2) is 24.9 Å². The Labute approximate surface area is 121 Å². The normalized spacial score (nSPS) is 9.89. The van der Waals surface area contributed by atoms with Crippen molar-refractivity contribution in [2.24, 2.45) is 0 Å². The lowest BCUT2D eigenvalue weighted by Gasteiger charge is -2.07. The first-order chi connectivity index (χ1) is 8.65. The van der Waals surface area contributed by atoms with E-state index in [0.717, 1.165) is 9.99 Å². The number of rotatable bonds is 6. The molecule has 0 aliphatic rings. The van der Waals surface area contributed by atoms with E-state index in [-0.39, 0.29) is 11.8 Å². The summed E-state index contributed by atoms with van der Waals surface area (Å²) >= 11 is 2.12. The summed E-state index contributed by atoms with van der Waals surface area (Å²) in [5.74, 6) is -0.164. The molecule has 1 aromatic rings. The maximum Gasteiger partial charge on any atom is 0.252 e. The molecule has 2 N–H and O–H groups in total. The third-order valence-corrected chi connectivity index (χ3v) is 3.27. The molecule has 0 unspecified atom stereocenters. The van der Waals surface area contributed by atoms with Crippen LogP contribution in [0.15, 0.2) is 24.3 Å². The van der Waals surface area contributed by atoms with E-state index in [0.29, 0.717) is 25.1 Å². The largest absolute Gasteiger partial charge is 0.356 e. The summed E-state index contributed by atoms with van der Waals surface area (Å²) in [5.41, 5.74) is 0.645. The summed E-state index contributed by atoms with van der Waals surface area (Å²) in [5, 5.41) is 5.51. The van der Waals surface area contributed by atoms with Crippen molar-refractivity contribution in [1.29, 1.82) is 0 Å². The van der Waals surface area contributed by atoms with Crippen LogP contribution in [0.3, 0.4) is 0 Å². The number of carbonyl (C=O) groups excluding carboxylic acids is 2. The Hall–Kier alpha value is -1.11. The van der Waals surface area contributed by atoms with Crippen molar-refractivity contribution in [1.82, 2.24) is 10.6 Å². The molecule has 0 saturated carbocycles. The summed E-state index contributed by atoms with van der Waals surface area (Å²) in [6, 6.07) is 7.36. The maximum absolute atomic E-state index is 11.8. The molecule has 1 aromatic carbocycles. The molecule has 0 radical (unpaired) electrons. The van der Waals surface area contributed by atoms with Gasteiger partial charge in [-0.15, -0.1) is 0 Å². The molecule has 0 saturated heterocycles. The van der Waals surface area contributed by atoms with Crippen molar-refractivity contribution in [2.75, 3.05) is 13.1 Å². The number of hydrogen-bond donors (Lipinski definition) is 2. The van der Waals surface area contributed by atoms with E-state index in [2.05, 4.69) is 33.2 Å². The molecule has 1 rings (SSSR count). The van der Waals surface area contributed by atoms with Gasteiger partial charge in [-0.2, -0.15) is 0 Å². The lowest BCUT2D eigenvalue weighted by molar-refractivity contribution is -0.120. The van der Waals surface area contributed by atoms with Gasteiger partial charge in [-0.05, 0) is 41.1 Å². The molecular weight excluding hydrogens is 343 g/mol. The minimum Gasteiger partial charge on any atom is -0.356 e. The van der Waals surface area contributed by atoms with Gasteiger partial charge in [0.2, 0.25) is 5.91 Å². The van der Waals surface area contributed by atoms with E-state index in [1.165, 1.54) is 0 Å². The number of hydrogen-bond acceptors (Lipinski definition) is 2. The molecule has 5 heteroatoms. The number of amides is 2. The van der Waals surface area contributed by atoms with Gasteiger partial charge in [0.05, 0.1) is 5.56 Å². The molecule has 4 nitrogen and oxygen atoms in total. The lowest BCUT2D eigenvalue weighted by atomic mass is 10.2. The standard InChI is InChI=1S/C13H17IN2O2/c1-2-8-15-12(17)7-9-16-13(18)10-5-3-4-6-11(10)14/h3-6H,2,7-9H2,1H3,(H,15,17)(H,16,18). The highest BCUT2D eigenvalue weighted by atomic mass is 127. The third kappa shape index (κ3) is 5.03. The van der Waals surface area contributed by atoms with Crippen molar-refractivity contribution in [3.63, 3.8) is 0 Å². The number of carbonyl (C=O) groups is 2. The zero-order chi connectivity index (χ0) is 13.4. The van der Waals surface area contributed by atoms with Crippen LogP contribution in [0.1, 0.15) is 30.1 Å². The highest BCUT2D eigenvalue weighted by Gasteiger charge is 2.08. The minimum atomic E-state index is -0.136. The van der Waals surface area contributed by atoms with E-state index in [4.69, 9.17) is 0 Å².